The van der Waals surface area contributed by atoms with Gasteiger partial charge in [0.05, 0.1) is 6.33 Å². The van der Waals surface area contributed by atoms with E-state index in [0.717, 1.165) is 37.3 Å². The lowest BCUT2D eigenvalue weighted by Gasteiger charge is -2.27. The van der Waals surface area contributed by atoms with Crippen LogP contribution in [0.15, 0.2) is 66.1 Å². The molecule has 126 valence electrons. The van der Waals surface area contributed by atoms with Crippen molar-refractivity contribution in [3.63, 3.8) is 0 Å². The van der Waals surface area contributed by atoms with Crippen LogP contribution in [0.3, 0.4) is 0 Å². The Kier molecular flexibility index (Phi) is 6.27. The van der Waals surface area contributed by atoms with E-state index in [4.69, 9.17) is 11.6 Å². The van der Waals surface area contributed by atoms with Gasteiger partial charge >= 0.3 is 0 Å². The molecule has 1 aliphatic rings. The van der Waals surface area contributed by atoms with E-state index in [2.05, 4.69) is 57.8 Å². The molecule has 0 saturated heterocycles. The maximum absolute atomic E-state index is 6.07. The fourth-order valence-electron chi connectivity index (χ4n) is 3.15. The maximum atomic E-state index is 6.07. The lowest BCUT2D eigenvalue weighted by Crippen LogP contribution is -2.29. The third kappa shape index (κ3) is 4.83. The van der Waals surface area contributed by atoms with Crippen molar-refractivity contribution in [1.29, 1.82) is 0 Å². The van der Waals surface area contributed by atoms with Gasteiger partial charge in [0.25, 0.3) is 0 Å². The van der Waals surface area contributed by atoms with Crippen LogP contribution in [0.1, 0.15) is 36.6 Å². The van der Waals surface area contributed by atoms with Crippen molar-refractivity contribution < 1.29 is 0 Å². The van der Waals surface area contributed by atoms with Gasteiger partial charge in [-0.15, -0.1) is 0 Å². The normalized spacial score (nSPS) is 18.4. The fourth-order valence-corrected chi connectivity index (χ4v) is 3.32. The molecule has 24 heavy (non-hydrogen) atoms. The number of allylic oxidation sites excluding steroid dienone is 3. The zero-order valence-corrected chi connectivity index (χ0v) is 14.5. The minimum atomic E-state index is 0.329. The van der Waals surface area contributed by atoms with E-state index in [1.165, 1.54) is 11.3 Å². The van der Waals surface area contributed by atoms with E-state index in [-0.39, 0.29) is 0 Å². The Hall–Kier alpha value is -1.84. The third-order valence-corrected chi connectivity index (χ3v) is 4.75. The Morgan fingerprint density at radius 3 is 2.83 bits per heavy atom. The highest BCUT2D eigenvalue weighted by atomic mass is 35.5. The summed E-state index contributed by atoms with van der Waals surface area (Å²) in [6, 6.07) is 11.0. The molecule has 1 aliphatic carbocycles. The van der Waals surface area contributed by atoms with Crippen molar-refractivity contribution in [3.8, 4) is 0 Å². The first-order valence-corrected chi connectivity index (χ1v) is 9.00. The van der Waals surface area contributed by atoms with Gasteiger partial charge in [-0.25, -0.2) is 4.98 Å². The fraction of sp³-hybridized carbons (Fsp3) is 0.350. The summed E-state index contributed by atoms with van der Waals surface area (Å²) >= 11 is 6.07. The number of hydrogen-bond acceptors (Lipinski definition) is 2. The van der Waals surface area contributed by atoms with Crippen LogP contribution in [0, 0.1) is 5.92 Å². The van der Waals surface area contributed by atoms with Crippen molar-refractivity contribution in [3.05, 3.63) is 77.4 Å². The number of imidazole rings is 1. The van der Waals surface area contributed by atoms with E-state index in [0.29, 0.717) is 12.0 Å². The predicted octanol–water partition coefficient (Wildman–Crippen LogP) is 4.76. The highest BCUT2D eigenvalue weighted by Crippen LogP contribution is 2.30. The van der Waals surface area contributed by atoms with Crippen molar-refractivity contribution in [2.45, 2.75) is 31.7 Å². The first kappa shape index (κ1) is 17.0. The molecule has 0 fully saturated rings. The number of hydrogen-bond donors (Lipinski definition) is 2. The Balaban J connectivity index is 1.53. The van der Waals surface area contributed by atoms with Gasteiger partial charge in [0, 0.05) is 28.9 Å². The smallest absolute Gasteiger partial charge is 0.0921 e. The van der Waals surface area contributed by atoms with Crippen LogP contribution in [0.4, 0.5) is 0 Å². The van der Waals surface area contributed by atoms with Crippen LogP contribution in [0.25, 0.3) is 0 Å². The SMILES string of the molecule is ClC1=CCC(C(NCCCCc2cnc[nH]2)c2ccccc2)C=C1. The summed E-state index contributed by atoms with van der Waals surface area (Å²) in [6.45, 7) is 1.01. The summed E-state index contributed by atoms with van der Waals surface area (Å²) in [5.74, 6) is 0.447. The molecule has 4 heteroatoms. The average Bonchev–Trinajstić information content (AvgIpc) is 3.13. The van der Waals surface area contributed by atoms with Crippen molar-refractivity contribution in [1.82, 2.24) is 15.3 Å². The number of benzene rings is 1. The van der Waals surface area contributed by atoms with Crippen LogP contribution in [-0.4, -0.2) is 16.5 Å². The van der Waals surface area contributed by atoms with Gasteiger partial charge in [-0.05, 0) is 43.9 Å². The molecule has 0 bridgehead atoms. The number of halogens is 1. The first-order valence-electron chi connectivity index (χ1n) is 8.62. The second-order valence-corrected chi connectivity index (χ2v) is 6.66. The molecular formula is C20H24ClN3. The first-order chi connectivity index (χ1) is 11.8. The molecule has 0 spiro atoms. The molecule has 0 radical (unpaired) electrons. The molecular weight excluding hydrogens is 318 g/mol. The summed E-state index contributed by atoms with van der Waals surface area (Å²) in [7, 11) is 0. The standard InChI is InChI=1S/C20H24ClN3/c21-18-11-9-17(10-12-18)20(16-6-2-1-3-7-16)23-13-5-4-8-19-14-22-15-24-19/h1-3,6-7,9,11-12,14-15,17,20,23H,4-5,8,10,13H2,(H,22,24). The number of unbranched alkanes of at least 4 members (excludes halogenated alkanes) is 1. The second kappa shape index (κ2) is 8.86. The molecule has 0 amide bonds. The minimum absolute atomic E-state index is 0.329. The summed E-state index contributed by atoms with van der Waals surface area (Å²) in [5, 5.41) is 4.60. The molecule has 0 saturated carbocycles. The average molecular weight is 342 g/mol. The monoisotopic (exact) mass is 341 g/mol. The minimum Gasteiger partial charge on any atom is -0.348 e. The van der Waals surface area contributed by atoms with Gasteiger partial charge in [0.1, 0.15) is 0 Å². The van der Waals surface area contributed by atoms with Crippen LogP contribution in [-0.2, 0) is 6.42 Å². The molecule has 2 unspecified atom stereocenters. The third-order valence-electron chi connectivity index (χ3n) is 4.47. The van der Waals surface area contributed by atoms with Gasteiger partial charge in [0.15, 0.2) is 0 Å². The predicted molar refractivity (Wildman–Crippen MR) is 99.9 cm³/mol. The van der Waals surface area contributed by atoms with Crippen LogP contribution < -0.4 is 5.32 Å². The summed E-state index contributed by atoms with van der Waals surface area (Å²) in [4.78, 5) is 7.22. The molecule has 1 aromatic heterocycles. The Morgan fingerprint density at radius 1 is 1.25 bits per heavy atom. The molecule has 2 aromatic rings. The molecule has 2 atom stereocenters. The molecule has 2 N–H and O–H groups in total. The number of aryl methyl sites for hydroxylation is 1. The zero-order valence-electron chi connectivity index (χ0n) is 13.8. The highest BCUT2D eigenvalue weighted by molar-refractivity contribution is 6.31. The number of aromatic nitrogens is 2. The number of H-pyrrole nitrogens is 1. The van der Waals surface area contributed by atoms with Crippen LogP contribution in [0.5, 0.6) is 0 Å². The van der Waals surface area contributed by atoms with Gasteiger partial charge in [0.2, 0.25) is 0 Å². The van der Waals surface area contributed by atoms with E-state index in [9.17, 15) is 0 Å². The Bertz CT molecular complexity index is 661. The van der Waals surface area contributed by atoms with Crippen molar-refractivity contribution in [2.24, 2.45) is 5.92 Å². The molecule has 0 aliphatic heterocycles. The van der Waals surface area contributed by atoms with Gasteiger partial charge in [-0.3, -0.25) is 0 Å². The highest BCUT2D eigenvalue weighted by Gasteiger charge is 2.21. The van der Waals surface area contributed by atoms with Gasteiger partial charge in [-0.2, -0.15) is 0 Å². The lowest BCUT2D eigenvalue weighted by atomic mass is 9.88. The largest absolute Gasteiger partial charge is 0.348 e. The second-order valence-electron chi connectivity index (χ2n) is 6.22. The molecule has 1 aromatic carbocycles. The van der Waals surface area contributed by atoms with Gasteiger partial charge in [-0.1, -0.05) is 54.1 Å². The van der Waals surface area contributed by atoms with Gasteiger partial charge < -0.3 is 10.3 Å². The lowest BCUT2D eigenvalue weighted by molar-refractivity contribution is 0.414. The summed E-state index contributed by atoms with van der Waals surface area (Å²) < 4.78 is 0. The zero-order chi connectivity index (χ0) is 16.6. The van der Waals surface area contributed by atoms with Crippen LogP contribution in [0.2, 0.25) is 0 Å². The number of nitrogens with one attached hydrogen (secondary N) is 2. The maximum Gasteiger partial charge on any atom is 0.0921 e. The van der Waals surface area contributed by atoms with E-state index >= 15 is 0 Å². The number of rotatable bonds is 8. The number of nitrogens with zero attached hydrogens (tertiary/aromatic N) is 1. The van der Waals surface area contributed by atoms with Crippen molar-refractivity contribution in [2.75, 3.05) is 6.54 Å². The number of aromatic amines is 1. The molecule has 1 heterocycles. The molecule has 3 rings (SSSR count). The quantitative estimate of drug-likeness (QED) is 0.679. The van der Waals surface area contributed by atoms with E-state index in [1.807, 2.05) is 12.3 Å². The van der Waals surface area contributed by atoms with Crippen LogP contribution >= 0.6 is 11.6 Å². The topological polar surface area (TPSA) is 40.7 Å². The summed E-state index contributed by atoms with van der Waals surface area (Å²) in [6.07, 6.45) is 14.4. The molecule has 3 nitrogen and oxygen atoms in total. The van der Waals surface area contributed by atoms with E-state index in [1.54, 1.807) is 6.33 Å². The van der Waals surface area contributed by atoms with E-state index < -0.39 is 0 Å². The Morgan fingerprint density at radius 2 is 2.12 bits per heavy atom. The Labute approximate surface area is 148 Å². The summed E-state index contributed by atoms with van der Waals surface area (Å²) in [5.41, 5.74) is 2.55. The van der Waals surface area contributed by atoms with Crippen molar-refractivity contribution >= 4 is 11.6 Å².